The number of fused-ring (bicyclic) bond motifs is 1. The average Bonchev–Trinajstić information content (AvgIpc) is 2.33. The molecule has 0 fully saturated rings. The van der Waals surface area contributed by atoms with E-state index in [2.05, 4.69) is 43.3 Å². The van der Waals surface area contributed by atoms with Crippen molar-refractivity contribution >= 4 is 16.5 Å². The monoisotopic (exact) mass is 213 g/mol. The molecule has 0 aliphatic rings. The highest BCUT2D eigenvalue weighted by atomic mass is 14.6. The third kappa shape index (κ3) is 2.19. The Morgan fingerprint density at radius 3 is 2.62 bits per heavy atom. The first-order valence-electron chi connectivity index (χ1n) is 6.09. The largest absolute Gasteiger partial charge is 0.398 e. The number of rotatable bonds is 4. The number of aryl methyl sites for hydroxylation is 1. The van der Waals surface area contributed by atoms with Crippen molar-refractivity contribution in [2.45, 2.75) is 32.6 Å². The quantitative estimate of drug-likeness (QED) is 0.599. The van der Waals surface area contributed by atoms with E-state index in [1.807, 2.05) is 0 Å². The van der Waals surface area contributed by atoms with Gasteiger partial charge in [-0.15, -0.1) is 0 Å². The molecule has 2 aromatic rings. The van der Waals surface area contributed by atoms with E-state index in [9.17, 15) is 0 Å². The van der Waals surface area contributed by atoms with E-state index in [1.165, 1.54) is 35.6 Å². The molecule has 2 N–H and O–H groups in total. The highest BCUT2D eigenvalue weighted by Crippen LogP contribution is 2.25. The van der Waals surface area contributed by atoms with E-state index in [4.69, 9.17) is 5.73 Å². The lowest BCUT2D eigenvalue weighted by atomic mass is 10.00. The Morgan fingerprint density at radius 2 is 1.81 bits per heavy atom. The minimum Gasteiger partial charge on any atom is -0.398 e. The molecule has 0 heterocycles. The molecule has 0 unspecified atom stereocenters. The summed E-state index contributed by atoms with van der Waals surface area (Å²) in [5, 5.41) is 2.43. The Balaban J connectivity index is 2.29. The van der Waals surface area contributed by atoms with Gasteiger partial charge in [0.1, 0.15) is 0 Å². The minimum absolute atomic E-state index is 0.967. The molecule has 84 valence electrons. The summed E-state index contributed by atoms with van der Waals surface area (Å²) in [5.74, 6) is 0. The smallest absolute Gasteiger partial charge is 0.0426 e. The highest BCUT2D eigenvalue weighted by molar-refractivity contribution is 5.94. The standard InChI is InChI=1S/C15H19N/c1-2-3-4-8-13-11-10-12-7-5-6-9-14(12)15(13)16/h5-7,9-11H,2-4,8,16H2,1H3. The highest BCUT2D eigenvalue weighted by Gasteiger charge is 2.03. The molecular formula is C15H19N. The van der Waals surface area contributed by atoms with Crippen LogP contribution in [0.15, 0.2) is 36.4 Å². The topological polar surface area (TPSA) is 26.0 Å². The molecule has 0 saturated carbocycles. The maximum absolute atomic E-state index is 6.20. The van der Waals surface area contributed by atoms with Crippen LogP contribution in [-0.2, 0) is 6.42 Å². The predicted molar refractivity (Wildman–Crippen MR) is 71.6 cm³/mol. The molecule has 0 aliphatic carbocycles. The number of benzene rings is 2. The van der Waals surface area contributed by atoms with Gasteiger partial charge in [-0.1, -0.05) is 56.2 Å². The van der Waals surface area contributed by atoms with E-state index in [-0.39, 0.29) is 0 Å². The van der Waals surface area contributed by atoms with Gasteiger partial charge in [0, 0.05) is 11.1 Å². The lowest BCUT2D eigenvalue weighted by molar-refractivity contribution is 0.718. The van der Waals surface area contributed by atoms with Crippen molar-refractivity contribution in [3.63, 3.8) is 0 Å². The van der Waals surface area contributed by atoms with E-state index in [0.717, 1.165) is 12.1 Å². The van der Waals surface area contributed by atoms with E-state index in [0.29, 0.717) is 0 Å². The fourth-order valence-corrected chi connectivity index (χ4v) is 2.12. The van der Waals surface area contributed by atoms with E-state index >= 15 is 0 Å². The Hall–Kier alpha value is -1.50. The minimum atomic E-state index is 0.967. The Bertz CT molecular complexity index is 474. The van der Waals surface area contributed by atoms with Crippen molar-refractivity contribution in [3.05, 3.63) is 42.0 Å². The van der Waals surface area contributed by atoms with Crippen molar-refractivity contribution in [1.29, 1.82) is 0 Å². The number of unbranched alkanes of at least 4 members (excludes halogenated alkanes) is 2. The van der Waals surface area contributed by atoms with Crippen molar-refractivity contribution in [1.82, 2.24) is 0 Å². The van der Waals surface area contributed by atoms with Gasteiger partial charge in [-0.3, -0.25) is 0 Å². The van der Waals surface area contributed by atoms with E-state index in [1.54, 1.807) is 0 Å². The molecule has 1 heteroatoms. The van der Waals surface area contributed by atoms with Crippen LogP contribution in [0.5, 0.6) is 0 Å². The van der Waals surface area contributed by atoms with Crippen molar-refractivity contribution in [3.8, 4) is 0 Å². The first-order valence-corrected chi connectivity index (χ1v) is 6.09. The summed E-state index contributed by atoms with van der Waals surface area (Å²) in [6.45, 7) is 2.23. The van der Waals surface area contributed by atoms with Crippen LogP contribution in [0.2, 0.25) is 0 Å². The first kappa shape index (κ1) is 11.0. The van der Waals surface area contributed by atoms with Crippen LogP contribution < -0.4 is 5.73 Å². The SMILES string of the molecule is CCCCCc1ccc2ccccc2c1N. The Morgan fingerprint density at radius 1 is 1.00 bits per heavy atom. The second-order valence-electron chi connectivity index (χ2n) is 4.32. The number of hydrogen-bond donors (Lipinski definition) is 1. The summed E-state index contributed by atoms with van der Waals surface area (Å²) < 4.78 is 0. The first-order chi connectivity index (χ1) is 7.83. The molecule has 0 radical (unpaired) electrons. The number of nitrogens with two attached hydrogens (primary N) is 1. The predicted octanol–water partition coefficient (Wildman–Crippen LogP) is 4.15. The number of anilines is 1. The van der Waals surface area contributed by atoms with Gasteiger partial charge in [0.05, 0.1) is 0 Å². The third-order valence-corrected chi connectivity index (χ3v) is 3.11. The zero-order valence-corrected chi connectivity index (χ0v) is 9.87. The molecule has 0 aliphatic heterocycles. The molecule has 0 aromatic heterocycles. The molecule has 2 aromatic carbocycles. The van der Waals surface area contributed by atoms with Crippen LogP contribution in [0.25, 0.3) is 10.8 Å². The number of nitrogen functional groups attached to an aromatic ring is 1. The summed E-state index contributed by atoms with van der Waals surface area (Å²) in [4.78, 5) is 0. The summed E-state index contributed by atoms with van der Waals surface area (Å²) in [6.07, 6.45) is 4.88. The zero-order valence-electron chi connectivity index (χ0n) is 9.87. The summed E-state index contributed by atoms with van der Waals surface area (Å²) >= 11 is 0. The van der Waals surface area contributed by atoms with Gasteiger partial charge in [-0.05, 0) is 23.8 Å². The van der Waals surface area contributed by atoms with Crippen molar-refractivity contribution < 1.29 is 0 Å². The lowest BCUT2D eigenvalue weighted by Crippen LogP contribution is -1.95. The summed E-state index contributed by atoms with van der Waals surface area (Å²) in [6, 6.07) is 12.7. The molecular weight excluding hydrogens is 194 g/mol. The molecule has 0 saturated heterocycles. The molecule has 0 bridgehead atoms. The fourth-order valence-electron chi connectivity index (χ4n) is 2.12. The molecule has 0 amide bonds. The lowest BCUT2D eigenvalue weighted by Gasteiger charge is -2.08. The summed E-state index contributed by atoms with van der Waals surface area (Å²) in [7, 11) is 0. The Kier molecular flexibility index (Phi) is 3.45. The maximum Gasteiger partial charge on any atom is 0.0426 e. The van der Waals surface area contributed by atoms with Gasteiger partial charge in [-0.25, -0.2) is 0 Å². The average molecular weight is 213 g/mol. The van der Waals surface area contributed by atoms with Gasteiger partial charge in [0.2, 0.25) is 0 Å². The van der Waals surface area contributed by atoms with Crippen molar-refractivity contribution in [2.24, 2.45) is 0 Å². The zero-order chi connectivity index (χ0) is 11.4. The second kappa shape index (κ2) is 5.02. The van der Waals surface area contributed by atoms with Crippen LogP contribution in [0, 0.1) is 0 Å². The van der Waals surface area contributed by atoms with Crippen LogP contribution >= 0.6 is 0 Å². The van der Waals surface area contributed by atoms with Crippen molar-refractivity contribution in [2.75, 3.05) is 5.73 Å². The molecule has 2 rings (SSSR count). The van der Waals surface area contributed by atoms with Crippen LogP contribution in [0.1, 0.15) is 31.7 Å². The van der Waals surface area contributed by atoms with Crippen LogP contribution in [0.4, 0.5) is 5.69 Å². The molecule has 16 heavy (non-hydrogen) atoms. The van der Waals surface area contributed by atoms with Gasteiger partial charge >= 0.3 is 0 Å². The van der Waals surface area contributed by atoms with Gasteiger partial charge in [0.15, 0.2) is 0 Å². The van der Waals surface area contributed by atoms with Crippen LogP contribution in [0.3, 0.4) is 0 Å². The number of hydrogen-bond acceptors (Lipinski definition) is 1. The third-order valence-electron chi connectivity index (χ3n) is 3.11. The normalized spacial score (nSPS) is 10.8. The maximum atomic E-state index is 6.20. The van der Waals surface area contributed by atoms with Gasteiger partial charge in [0.25, 0.3) is 0 Å². The van der Waals surface area contributed by atoms with Gasteiger partial charge < -0.3 is 5.73 Å². The fraction of sp³-hybridized carbons (Fsp3) is 0.333. The van der Waals surface area contributed by atoms with Crippen LogP contribution in [-0.4, -0.2) is 0 Å². The molecule has 1 nitrogen and oxygen atoms in total. The molecule has 0 atom stereocenters. The summed E-state index contributed by atoms with van der Waals surface area (Å²) in [5.41, 5.74) is 8.47. The second-order valence-corrected chi connectivity index (χ2v) is 4.32. The molecule has 0 spiro atoms. The Labute approximate surface area is 97.3 Å². The van der Waals surface area contributed by atoms with Gasteiger partial charge in [-0.2, -0.15) is 0 Å². The van der Waals surface area contributed by atoms with E-state index < -0.39 is 0 Å².